The molecule has 1 aromatic carbocycles. The van der Waals surface area contributed by atoms with Gasteiger partial charge in [0, 0.05) is 19.5 Å². The molecule has 0 aromatic heterocycles. The molecule has 2 fully saturated rings. The number of rotatable bonds is 2. The summed E-state index contributed by atoms with van der Waals surface area (Å²) < 4.78 is 10.5. The lowest BCUT2D eigenvalue weighted by atomic mass is 10.1. The summed E-state index contributed by atoms with van der Waals surface area (Å²) >= 11 is 0. The number of hydrogen-bond acceptors (Lipinski definition) is 5. The van der Waals surface area contributed by atoms with Crippen LogP contribution < -0.4 is 4.74 Å². The normalized spacial score (nSPS) is 24.6. The predicted molar refractivity (Wildman–Crippen MR) is 81.0 cm³/mol. The molecule has 0 bridgehead atoms. The summed E-state index contributed by atoms with van der Waals surface area (Å²) in [6, 6.07) is 8.00. The second-order valence-electron chi connectivity index (χ2n) is 5.68. The van der Waals surface area contributed by atoms with Crippen molar-refractivity contribution in [3.05, 3.63) is 30.3 Å². The van der Waals surface area contributed by atoms with Crippen LogP contribution >= 0.6 is 0 Å². The van der Waals surface area contributed by atoms with Gasteiger partial charge in [0.15, 0.2) is 0 Å². The highest BCUT2D eigenvalue weighted by Crippen LogP contribution is 2.22. The quantitative estimate of drug-likeness (QED) is 0.857. The van der Waals surface area contributed by atoms with Gasteiger partial charge in [-0.05, 0) is 12.1 Å². The van der Waals surface area contributed by atoms with Gasteiger partial charge in [0.1, 0.15) is 11.8 Å². The van der Waals surface area contributed by atoms with E-state index in [9.17, 15) is 14.7 Å². The van der Waals surface area contributed by atoms with E-state index in [2.05, 4.69) is 0 Å². The van der Waals surface area contributed by atoms with Crippen LogP contribution in [0.4, 0.5) is 4.79 Å². The van der Waals surface area contributed by atoms with Crippen molar-refractivity contribution >= 4 is 12.0 Å². The summed E-state index contributed by atoms with van der Waals surface area (Å²) in [7, 11) is 0. The lowest BCUT2D eigenvalue weighted by molar-refractivity contribution is -0.139. The van der Waals surface area contributed by atoms with E-state index in [-0.39, 0.29) is 18.9 Å². The van der Waals surface area contributed by atoms with Crippen LogP contribution in [0.25, 0.3) is 0 Å². The van der Waals surface area contributed by atoms with Crippen LogP contribution in [0, 0.1) is 0 Å². The van der Waals surface area contributed by atoms with Crippen LogP contribution in [0.2, 0.25) is 0 Å². The molecule has 3 rings (SSSR count). The Morgan fingerprint density at radius 1 is 1.17 bits per heavy atom. The molecule has 1 aromatic rings. The van der Waals surface area contributed by atoms with Crippen molar-refractivity contribution in [1.82, 2.24) is 9.80 Å². The van der Waals surface area contributed by atoms with E-state index in [4.69, 9.17) is 9.47 Å². The van der Waals surface area contributed by atoms with Crippen LogP contribution in [0.15, 0.2) is 30.3 Å². The number of aliphatic hydroxyl groups is 1. The van der Waals surface area contributed by atoms with Gasteiger partial charge in [-0.25, -0.2) is 4.79 Å². The second kappa shape index (κ2) is 6.97. The molecule has 0 aliphatic carbocycles. The second-order valence-corrected chi connectivity index (χ2v) is 5.68. The number of β-amino-alcohol motifs (C(OH)–C–C–N with tert-alkyl or cyclic N) is 1. The zero-order valence-electron chi connectivity index (χ0n) is 12.8. The van der Waals surface area contributed by atoms with Crippen LogP contribution in [0.5, 0.6) is 5.75 Å². The van der Waals surface area contributed by atoms with Crippen LogP contribution in [-0.4, -0.2) is 71.9 Å². The zero-order chi connectivity index (χ0) is 16.2. The van der Waals surface area contributed by atoms with Crippen molar-refractivity contribution < 1.29 is 24.2 Å². The molecule has 124 valence electrons. The molecule has 7 heteroatoms. The van der Waals surface area contributed by atoms with Gasteiger partial charge in [0.2, 0.25) is 5.91 Å². The Hall–Kier alpha value is -2.12. The SMILES string of the molecule is O=C([C@H]1C[C@H](O)CN1C(=O)Oc1ccccc1)N1CCOCC1. The van der Waals surface area contributed by atoms with E-state index in [1.807, 2.05) is 6.07 Å². The number of carbonyl (C=O) groups is 2. The zero-order valence-corrected chi connectivity index (χ0v) is 12.8. The first-order chi connectivity index (χ1) is 11.1. The summed E-state index contributed by atoms with van der Waals surface area (Å²) in [6.45, 7) is 2.11. The molecule has 1 N–H and O–H groups in total. The number of para-hydroxylation sites is 1. The first-order valence-electron chi connectivity index (χ1n) is 7.73. The fourth-order valence-corrected chi connectivity index (χ4v) is 2.89. The smallest absolute Gasteiger partial charge is 0.410 e. The molecule has 7 nitrogen and oxygen atoms in total. The van der Waals surface area contributed by atoms with E-state index in [0.717, 1.165) is 0 Å². The summed E-state index contributed by atoms with van der Waals surface area (Å²) in [4.78, 5) is 28.0. The Morgan fingerprint density at radius 3 is 2.57 bits per heavy atom. The molecule has 0 radical (unpaired) electrons. The van der Waals surface area contributed by atoms with Crippen LogP contribution in [0.3, 0.4) is 0 Å². The summed E-state index contributed by atoms with van der Waals surface area (Å²) in [5.41, 5.74) is 0. The molecule has 2 amide bonds. The third-order valence-electron chi connectivity index (χ3n) is 4.07. The van der Waals surface area contributed by atoms with Crippen molar-refractivity contribution in [2.45, 2.75) is 18.6 Å². The first-order valence-corrected chi connectivity index (χ1v) is 7.73. The standard InChI is InChI=1S/C16H20N2O5/c19-12-10-14(15(20)17-6-8-22-9-7-17)18(11-12)16(21)23-13-4-2-1-3-5-13/h1-5,12,14,19H,6-11H2/t12-,14+/m0/s1. The number of carbonyl (C=O) groups excluding carboxylic acids is 2. The lowest BCUT2D eigenvalue weighted by Gasteiger charge is -2.31. The number of amides is 2. The summed E-state index contributed by atoms with van der Waals surface area (Å²) in [5, 5.41) is 9.89. The molecular weight excluding hydrogens is 300 g/mol. The molecular formula is C16H20N2O5. The minimum absolute atomic E-state index is 0.104. The first kappa shape index (κ1) is 15.8. The van der Waals surface area contributed by atoms with Gasteiger partial charge in [0.25, 0.3) is 0 Å². The van der Waals surface area contributed by atoms with Gasteiger partial charge in [-0.3, -0.25) is 9.69 Å². The van der Waals surface area contributed by atoms with E-state index in [1.54, 1.807) is 29.2 Å². The van der Waals surface area contributed by atoms with Crippen molar-refractivity contribution in [3.63, 3.8) is 0 Å². The fourth-order valence-electron chi connectivity index (χ4n) is 2.89. The minimum atomic E-state index is -0.715. The molecule has 0 unspecified atom stereocenters. The lowest BCUT2D eigenvalue weighted by Crippen LogP contribution is -2.51. The van der Waals surface area contributed by atoms with E-state index >= 15 is 0 Å². The largest absolute Gasteiger partial charge is 0.416 e. The van der Waals surface area contributed by atoms with Crippen molar-refractivity contribution in [3.8, 4) is 5.75 Å². The number of benzene rings is 1. The fraction of sp³-hybridized carbons (Fsp3) is 0.500. The number of hydrogen-bond donors (Lipinski definition) is 1. The van der Waals surface area contributed by atoms with Crippen molar-refractivity contribution in [2.75, 3.05) is 32.8 Å². The number of morpholine rings is 1. The summed E-state index contributed by atoms with van der Waals surface area (Å²) in [6.07, 6.45) is -1.09. The molecule has 2 heterocycles. The number of nitrogens with zero attached hydrogens (tertiary/aromatic N) is 2. The number of ether oxygens (including phenoxy) is 2. The van der Waals surface area contributed by atoms with Gasteiger partial charge in [-0.1, -0.05) is 18.2 Å². The highest BCUT2D eigenvalue weighted by molar-refractivity contribution is 5.87. The van der Waals surface area contributed by atoms with E-state index in [0.29, 0.717) is 32.1 Å². The number of aliphatic hydroxyl groups excluding tert-OH is 1. The highest BCUT2D eigenvalue weighted by atomic mass is 16.6. The Morgan fingerprint density at radius 2 is 1.87 bits per heavy atom. The van der Waals surface area contributed by atoms with Crippen LogP contribution in [-0.2, 0) is 9.53 Å². The Balaban J connectivity index is 1.68. The monoisotopic (exact) mass is 320 g/mol. The highest BCUT2D eigenvalue weighted by Gasteiger charge is 2.42. The molecule has 0 saturated carbocycles. The number of likely N-dealkylation sites (tertiary alicyclic amines) is 1. The van der Waals surface area contributed by atoms with Gasteiger partial charge in [-0.2, -0.15) is 0 Å². The van der Waals surface area contributed by atoms with E-state index < -0.39 is 18.2 Å². The van der Waals surface area contributed by atoms with Gasteiger partial charge in [-0.15, -0.1) is 0 Å². The Kier molecular flexibility index (Phi) is 4.78. The molecule has 2 aliphatic heterocycles. The topological polar surface area (TPSA) is 79.3 Å². The predicted octanol–water partition coefficient (Wildman–Crippen LogP) is 0.479. The average molecular weight is 320 g/mol. The van der Waals surface area contributed by atoms with Crippen molar-refractivity contribution in [1.29, 1.82) is 0 Å². The van der Waals surface area contributed by atoms with Crippen molar-refractivity contribution in [2.24, 2.45) is 0 Å². The minimum Gasteiger partial charge on any atom is -0.410 e. The molecule has 23 heavy (non-hydrogen) atoms. The van der Waals surface area contributed by atoms with E-state index in [1.165, 1.54) is 4.90 Å². The van der Waals surface area contributed by atoms with Crippen LogP contribution in [0.1, 0.15) is 6.42 Å². The molecule has 2 aliphatic rings. The average Bonchev–Trinajstić information content (AvgIpc) is 2.98. The van der Waals surface area contributed by atoms with Gasteiger partial charge in [0.05, 0.1) is 25.9 Å². The van der Waals surface area contributed by atoms with Gasteiger partial charge < -0.3 is 19.5 Å². The summed E-state index contributed by atoms with van der Waals surface area (Å²) in [5.74, 6) is 0.256. The maximum Gasteiger partial charge on any atom is 0.416 e. The van der Waals surface area contributed by atoms with Gasteiger partial charge >= 0.3 is 6.09 Å². The maximum atomic E-state index is 12.6. The molecule has 2 saturated heterocycles. The third-order valence-corrected chi connectivity index (χ3v) is 4.07. The Bertz CT molecular complexity index is 559. The Labute approximate surface area is 134 Å². The molecule has 0 spiro atoms. The maximum absolute atomic E-state index is 12.6. The molecule has 2 atom stereocenters. The third kappa shape index (κ3) is 3.62.